The van der Waals surface area contributed by atoms with E-state index in [2.05, 4.69) is 17.1 Å². The number of nitrogens with zero attached hydrogens (tertiary/aromatic N) is 1. The topological polar surface area (TPSA) is 41.8 Å². The highest BCUT2D eigenvalue weighted by atomic mass is 16.5. The van der Waals surface area contributed by atoms with E-state index in [-0.39, 0.29) is 0 Å². The number of hydrogen-bond donors (Lipinski definition) is 1. The van der Waals surface area contributed by atoms with Gasteiger partial charge in [0, 0.05) is 6.21 Å². The molecule has 0 amide bonds. The minimum absolute atomic E-state index is 0.484. The van der Waals surface area contributed by atoms with E-state index >= 15 is 0 Å². The van der Waals surface area contributed by atoms with Crippen LogP contribution in [0.2, 0.25) is 0 Å². The summed E-state index contributed by atoms with van der Waals surface area (Å²) in [6, 6.07) is 16.0. The maximum atomic E-state index is 9.64. The van der Waals surface area contributed by atoms with E-state index in [1.165, 1.54) is 5.56 Å². The molecule has 0 unspecified atom stereocenters. The minimum atomic E-state index is -0.794. The van der Waals surface area contributed by atoms with Gasteiger partial charge in [0.2, 0.25) is 0 Å². The van der Waals surface area contributed by atoms with E-state index in [0.717, 1.165) is 16.6 Å². The first-order chi connectivity index (χ1) is 9.33. The van der Waals surface area contributed by atoms with Crippen LogP contribution in [0.4, 0.5) is 0 Å². The standard InChI is InChI=1S/C15H14BNO2/c18-16-15-8-13(6-7-14(15)11-19-16)10-17-9-12-4-2-1-3-5-12/h1-8,10,18H,9,11H2/b17-10+. The van der Waals surface area contributed by atoms with Crippen molar-refractivity contribution in [3.63, 3.8) is 0 Å². The van der Waals surface area contributed by atoms with Crippen molar-refractivity contribution in [1.82, 2.24) is 0 Å². The maximum absolute atomic E-state index is 9.64. The number of benzene rings is 2. The molecule has 1 heterocycles. The third-order valence-corrected chi connectivity index (χ3v) is 3.19. The highest BCUT2D eigenvalue weighted by molar-refractivity contribution is 6.61. The van der Waals surface area contributed by atoms with Gasteiger partial charge in [-0.3, -0.25) is 4.99 Å². The summed E-state index contributed by atoms with van der Waals surface area (Å²) in [5.74, 6) is 0. The van der Waals surface area contributed by atoms with Crippen LogP contribution in [0.3, 0.4) is 0 Å². The summed E-state index contributed by atoms with van der Waals surface area (Å²) in [6.45, 7) is 1.15. The van der Waals surface area contributed by atoms with Gasteiger partial charge in [-0.05, 0) is 22.2 Å². The van der Waals surface area contributed by atoms with Gasteiger partial charge in [0.05, 0.1) is 13.2 Å². The molecule has 2 aromatic rings. The van der Waals surface area contributed by atoms with Crippen molar-refractivity contribution >= 4 is 18.8 Å². The van der Waals surface area contributed by atoms with Gasteiger partial charge in [0.25, 0.3) is 0 Å². The van der Waals surface area contributed by atoms with E-state index in [0.29, 0.717) is 13.2 Å². The predicted molar refractivity (Wildman–Crippen MR) is 76.6 cm³/mol. The van der Waals surface area contributed by atoms with Crippen molar-refractivity contribution < 1.29 is 9.68 Å². The van der Waals surface area contributed by atoms with Crippen molar-refractivity contribution in [1.29, 1.82) is 0 Å². The monoisotopic (exact) mass is 251 g/mol. The van der Waals surface area contributed by atoms with Crippen molar-refractivity contribution in [2.24, 2.45) is 4.99 Å². The van der Waals surface area contributed by atoms with Crippen molar-refractivity contribution in [2.45, 2.75) is 13.2 Å². The molecule has 0 fully saturated rings. The second-order valence-electron chi connectivity index (χ2n) is 4.58. The van der Waals surface area contributed by atoms with Gasteiger partial charge in [-0.2, -0.15) is 0 Å². The van der Waals surface area contributed by atoms with Crippen LogP contribution < -0.4 is 5.46 Å². The summed E-state index contributed by atoms with van der Waals surface area (Å²) in [4.78, 5) is 4.41. The molecule has 1 aliphatic heterocycles. The largest absolute Gasteiger partial charge is 0.491 e. The first-order valence-corrected chi connectivity index (χ1v) is 6.29. The second kappa shape index (κ2) is 5.39. The fourth-order valence-electron chi connectivity index (χ4n) is 2.15. The molecule has 1 aliphatic rings. The molecule has 1 N–H and O–H groups in total. The smallest absolute Gasteiger partial charge is 0.423 e. The SMILES string of the molecule is OB1OCc2ccc(/C=N/Cc3ccccc3)cc21. The Labute approximate surface area is 112 Å². The summed E-state index contributed by atoms with van der Waals surface area (Å²) in [7, 11) is -0.794. The van der Waals surface area contributed by atoms with Crippen molar-refractivity contribution in [2.75, 3.05) is 0 Å². The highest BCUT2D eigenvalue weighted by Crippen LogP contribution is 2.10. The van der Waals surface area contributed by atoms with Crippen molar-refractivity contribution in [3.05, 3.63) is 65.2 Å². The predicted octanol–water partition coefficient (Wildman–Crippen LogP) is 1.52. The summed E-state index contributed by atoms with van der Waals surface area (Å²) in [5.41, 5.74) is 4.07. The molecule has 0 saturated carbocycles. The molecule has 3 rings (SSSR count). The maximum Gasteiger partial charge on any atom is 0.491 e. The van der Waals surface area contributed by atoms with Crippen LogP contribution in [-0.4, -0.2) is 18.4 Å². The van der Waals surface area contributed by atoms with E-state index in [1.54, 1.807) is 0 Å². The normalized spacial score (nSPS) is 14.1. The number of fused-ring (bicyclic) bond motifs is 1. The van der Waals surface area contributed by atoms with Crippen LogP contribution in [0.25, 0.3) is 0 Å². The van der Waals surface area contributed by atoms with Gasteiger partial charge < -0.3 is 9.68 Å². The Morgan fingerprint density at radius 2 is 2.05 bits per heavy atom. The molecule has 19 heavy (non-hydrogen) atoms. The van der Waals surface area contributed by atoms with Crippen LogP contribution in [-0.2, 0) is 17.8 Å². The molecular weight excluding hydrogens is 237 g/mol. The molecule has 0 bridgehead atoms. The van der Waals surface area contributed by atoms with Gasteiger partial charge in [0.15, 0.2) is 0 Å². The van der Waals surface area contributed by atoms with Crippen LogP contribution in [0.1, 0.15) is 16.7 Å². The average molecular weight is 251 g/mol. The lowest BCUT2D eigenvalue weighted by Gasteiger charge is -2.00. The lowest BCUT2D eigenvalue weighted by Crippen LogP contribution is -2.28. The fraction of sp³-hybridized carbons (Fsp3) is 0.133. The van der Waals surface area contributed by atoms with Crippen LogP contribution in [0.5, 0.6) is 0 Å². The minimum Gasteiger partial charge on any atom is -0.423 e. The van der Waals surface area contributed by atoms with Crippen LogP contribution >= 0.6 is 0 Å². The van der Waals surface area contributed by atoms with E-state index in [9.17, 15) is 5.02 Å². The van der Waals surface area contributed by atoms with Crippen LogP contribution in [0, 0.1) is 0 Å². The van der Waals surface area contributed by atoms with Crippen molar-refractivity contribution in [3.8, 4) is 0 Å². The zero-order valence-corrected chi connectivity index (χ0v) is 10.5. The third kappa shape index (κ3) is 2.75. The quantitative estimate of drug-likeness (QED) is 0.663. The molecule has 0 aromatic heterocycles. The molecule has 4 heteroatoms. The molecule has 94 valence electrons. The van der Waals surface area contributed by atoms with E-state index in [4.69, 9.17) is 4.65 Å². The highest BCUT2D eigenvalue weighted by Gasteiger charge is 2.26. The zero-order valence-electron chi connectivity index (χ0n) is 10.5. The fourth-order valence-corrected chi connectivity index (χ4v) is 2.15. The Kier molecular flexibility index (Phi) is 3.44. The third-order valence-electron chi connectivity index (χ3n) is 3.19. The van der Waals surface area contributed by atoms with Gasteiger partial charge in [-0.25, -0.2) is 0 Å². The molecule has 0 aliphatic carbocycles. The lowest BCUT2D eigenvalue weighted by atomic mass is 9.79. The molecule has 2 aromatic carbocycles. The summed E-state index contributed by atoms with van der Waals surface area (Å²) in [5, 5.41) is 9.64. The lowest BCUT2D eigenvalue weighted by molar-refractivity contribution is 0.275. The van der Waals surface area contributed by atoms with Gasteiger partial charge >= 0.3 is 7.12 Å². The molecule has 0 radical (unpaired) electrons. The van der Waals surface area contributed by atoms with Crippen LogP contribution in [0.15, 0.2) is 53.5 Å². The van der Waals surface area contributed by atoms with E-state index in [1.807, 2.05) is 42.6 Å². The molecule has 0 atom stereocenters. The number of aliphatic imine (C=N–C) groups is 1. The molecule has 0 saturated heterocycles. The van der Waals surface area contributed by atoms with Gasteiger partial charge in [-0.15, -0.1) is 0 Å². The number of rotatable bonds is 3. The Morgan fingerprint density at radius 3 is 2.89 bits per heavy atom. The average Bonchev–Trinajstić information content (AvgIpc) is 2.82. The summed E-state index contributed by atoms with van der Waals surface area (Å²) in [6.07, 6.45) is 1.83. The Bertz CT molecular complexity index is 598. The van der Waals surface area contributed by atoms with E-state index < -0.39 is 7.12 Å². The Morgan fingerprint density at radius 1 is 1.21 bits per heavy atom. The molecule has 3 nitrogen and oxygen atoms in total. The summed E-state index contributed by atoms with van der Waals surface area (Å²) < 4.78 is 5.16. The first-order valence-electron chi connectivity index (χ1n) is 6.29. The first kappa shape index (κ1) is 12.1. The second-order valence-corrected chi connectivity index (χ2v) is 4.58. The Hall–Kier alpha value is -1.91. The van der Waals surface area contributed by atoms with Gasteiger partial charge in [-0.1, -0.05) is 48.5 Å². The summed E-state index contributed by atoms with van der Waals surface area (Å²) >= 11 is 0. The molecule has 0 spiro atoms. The van der Waals surface area contributed by atoms with Gasteiger partial charge in [0.1, 0.15) is 0 Å². The number of hydrogen-bond acceptors (Lipinski definition) is 3. The zero-order chi connectivity index (χ0) is 13.1. The molecular formula is C15H14BNO2. The Balaban J connectivity index is 1.72.